The second-order valence-corrected chi connectivity index (χ2v) is 27.6. The summed E-state index contributed by atoms with van der Waals surface area (Å²) in [5.41, 5.74) is 25.7. The second kappa shape index (κ2) is 25.8. The average molecular weight is 1230 g/mol. The number of nitrogen functional groups attached to an aromatic ring is 4. The lowest BCUT2D eigenvalue weighted by molar-refractivity contribution is -0.112. The number of hydrogen-bond donors (Lipinski definition) is 14. The summed E-state index contributed by atoms with van der Waals surface area (Å²) in [6, 6.07) is -0.248. The van der Waals surface area contributed by atoms with Crippen molar-refractivity contribution in [1.82, 2.24) is 88.8 Å². The van der Waals surface area contributed by atoms with Gasteiger partial charge in [-0.3, -0.25) is 68.7 Å². The number of hydrogen-bond acceptors (Lipinski definition) is 28. The van der Waals surface area contributed by atoms with E-state index in [0.29, 0.717) is 74.9 Å². The second-order valence-electron chi connectivity index (χ2n) is 22.8. The van der Waals surface area contributed by atoms with Crippen LogP contribution in [0, 0.1) is 0 Å². The molecule has 0 radical (unpaired) electrons. The molecule has 0 aliphatic carbocycles. The molecule has 0 spiro atoms. The Morgan fingerprint density at radius 2 is 0.989 bits per heavy atom. The number of aliphatic hydroxyl groups is 3. The van der Waals surface area contributed by atoms with E-state index in [0.717, 1.165) is 0 Å². The zero-order valence-corrected chi connectivity index (χ0v) is 48.6. The highest BCUT2D eigenvalue weighted by Crippen LogP contribution is 2.39. The summed E-state index contributed by atoms with van der Waals surface area (Å²) in [5.74, 6) is 5.71. The Labute approximate surface area is 494 Å². The van der Waals surface area contributed by atoms with Gasteiger partial charge in [-0.25, -0.2) is 19.9 Å². The van der Waals surface area contributed by atoms with Gasteiger partial charge in [0.05, 0.1) is 81.2 Å². The normalized spacial score (nSPS) is 25.7. The number of aromatic nitrogens is 16. The zero-order chi connectivity index (χ0) is 61.5. The monoisotopic (exact) mass is 1230 g/mol. The van der Waals surface area contributed by atoms with Gasteiger partial charge < -0.3 is 71.7 Å². The van der Waals surface area contributed by atoms with Gasteiger partial charge in [0.15, 0.2) is 53.0 Å². The van der Waals surface area contributed by atoms with Crippen LogP contribution in [0.4, 0.5) is 23.8 Å². The van der Waals surface area contributed by atoms with Crippen molar-refractivity contribution in [3.05, 3.63) is 66.7 Å². The highest BCUT2D eigenvalue weighted by Gasteiger charge is 2.43. The number of carbonyl (C=O) groups is 1. The smallest absolute Gasteiger partial charge is 0.280 e. The minimum absolute atomic E-state index is 0. The van der Waals surface area contributed by atoms with E-state index in [4.69, 9.17) is 52.2 Å². The standard InChI is InChI=1S/C22H29N11O6.C16H29N7O3Si.C11H13N5O4.CH4/c23-21-28-17-15(19(36)30-21)26-7-32(17)13-4-9(12(6-34)39-13)25-3-1-2-11-10(35)5-14(38-11)33-8-27-16-18(33)29-22(24)31-20(16)37;1-16(2,3)27(4,5)25-7-10-9(22-18)6-11(26-10)23-8-19-12-13(23)20-15(17)21-14(12)24;12-11-14-9-8(10(19)15-11)13-4-16(9)7-3-5(18)6(20-7)1-2-17;/h7-14,25,34-35H,1-6H2,(H3,23,28,30,36)(H3,24,29,31,37);8-11,22H,6-7,18H2,1-5H3,(H3,17,20,21,24);2,4-7,18H,1,3H2,(H3,12,14,15,19);1H4/t9-,10-,11+,12+,13+,14+;9-,10+,11+;5-,6+,7+;/m000./s1. The first-order chi connectivity index (χ1) is 40.9. The first kappa shape index (κ1) is 63.5. The number of H-pyrrole nitrogens is 4. The SMILES string of the molecule is C.CC(C)(C)[Si](C)(C)OC[C@H]1O[C@@H](n2cnc3c(=O)[nH]c(N)nc32)C[C@@H]1NN.Nc1nc2c(ncn2[C@H]2C[C@H](NCCC[C@H]3O[C@@H](n4cnc5c(=O)[nH]c(N)nc54)C[C@@H]3O)[C@@H](CO)O2)c(=O)[nH]1.Nc1nc2c(ncn2[C@H]2C[C@H](O)[C@@H](CC=O)O2)c(=O)[nH]1. The molecule has 12 rings (SSSR count). The Morgan fingerprint density at radius 3 is 1.38 bits per heavy atom. The van der Waals surface area contributed by atoms with Crippen molar-refractivity contribution >= 4 is 83.1 Å². The number of aromatic amines is 4. The maximum absolute atomic E-state index is 12.1. The van der Waals surface area contributed by atoms with Crippen molar-refractivity contribution in [3.63, 3.8) is 0 Å². The van der Waals surface area contributed by atoms with Crippen LogP contribution in [0.3, 0.4) is 0 Å². The van der Waals surface area contributed by atoms with E-state index >= 15 is 0 Å². The number of nitrogens with one attached hydrogen (secondary N) is 6. The van der Waals surface area contributed by atoms with Gasteiger partial charge in [-0.1, -0.05) is 28.2 Å². The van der Waals surface area contributed by atoms with Crippen molar-refractivity contribution in [2.24, 2.45) is 5.84 Å². The molecule has 4 saturated heterocycles. The predicted molar refractivity (Wildman–Crippen MR) is 316 cm³/mol. The molecular weight excluding hydrogens is 1160 g/mol. The molecule has 8 aromatic rings. The lowest BCUT2D eigenvalue weighted by atomic mass is 10.1. The number of ether oxygens (including phenoxy) is 4. The predicted octanol–water partition coefficient (Wildman–Crippen LogP) is -1.50. The summed E-state index contributed by atoms with van der Waals surface area (Å²) in [7, 11) is -1.90. The molecule has 37 heteroatoms. The highest BCUT2D eigenvalue weighted by atomic mass is 28.4. The number of nitrogens with two attached hydrogens (primary N) is 5. The molecule has 12 heterocycles. The van der Waals surface area contributed by atoms with Crippen LogP contribution in [0.5, 0.6) is 0 Å². The van der Waals surface area contributed by atoms with E-state index in [-0.39, 0.29) is 107 Å². The number of fused-ring (bicyclic) bond motifs is 4. The number of aliphatic hydroxyl groups excluding tert-OH is 3. The van der Waals surface area contributed by atoms with Crippen LogP contribution in [0.1, 0.15) is 98.1 Å². The lowest BCUT2D eigenvalue weighted by Gasteiger charge is -2.37. The third kappa shape index (κ3) is 13.2. The van der Waals surface area contributed by atoms with Gasteiger partial charge in [-0.15, -0.1) is 0 Å². The van der Waals surface area contributed by atoms with E-state index in [9.17, 15) is 39.3 Å². The van der Waals surface area contributed by atoms with Crippen molar-refractivity contribution in [1.29, 1.82) is 0 Å². The summed E-state index contributed by atoms with van der Waals surface area (Å²) >= 11 is 0. The Morgan fingerprint density at radius 1 is 0.621 bits per heavy atom. The largest absolute Gasteiger partial charge is 0.414 e. The zero-order valence-electron chi connectivity index (χ0n) is 47.6. The van der Waals surface area contributed by atoms with E-state index in [1.165, 1.54) is 23.5 Å². The molecule has 12 atom stereocenters. The van der Waals surface area contributed by atoms with Crippen LogP contribution >= 0.6 is 0 Å². The van der Waals surface area contributed by atoms with Crippen LogP contribution < -0.4 is 61.8 Å². The number of rotatable bonds is 16. The first-order valence-electron chi connectivity index (χ1n) is 27.7. The first-order valence-corrected chi connectivity index (χ1v) is 30.6. The Hall–Kier alpha value is -7.95. The maximum Gasteiger partial charge on any atom is 0.280 e. The van der Waals surface area contributed by atoms with Crippen molar-refractivity contribution < 1.29 is 43.5 Å². The Balaban J connectivity index is 0.000000164. The van der Waals surface area contributed by atoms with Gasteiger partial charge >= 0.3 is 0 Å². The molecular formula is C50H75N23O13Si. The molecule has 0 unspecified atom stereocenters. The van der Waals surface area contributed by atoms with Gasteiger partial charge in [0.1, 0.15) is 31.2 Å². The van der Waals surface area contributed by atoms with Crippen LogP contribution in [0.15, 0.2) is 44.5 Å². The van der Waals surface area contributed by atoms with Crippen LogP contribution in [0.2, 0.25) is 18.1 Å². The summed E-state index contributed by atoms with van der Waals surface area (Å²) in [6.07, 6.45) is 4.66. The van der Waals surface area contributed by atoms with Crippen LogP contribution in [0.25, 0.3) is 44.7 Å². The molecule has 0 amide bonds. The fraction of sp³-hybridized carbons (Fsp3) is 0.580. The highest BCUT2D eigenvalue weighted by molar-refractivity contribution is 6.74. The topological polar surface area (TPSA) is 532 Å². The number of anilines is 4. The molecule has 4 aliphatic rings. The quantitative estimate of drug-likeness (QED) is 0.0172. The minimum atomic E-state index is -1.90. The van der Waals surface area contributed by atoms with Gasteiger partial charge in [-0.05, 0) is 37.5 Å². The number of nitrogens with zero attached hydrogens (tertiary/aromatic N) is 12. The maximum atomic E-state index is 12.1. The fourth-order valence-electron chi connectivity index (χ4n) is 10.6. The van der Waals surface area contributed by atoms with E-state index in [1.54, 1.807) is 20.0 Å². The Kier molecular flexibility index (Phi) is 18.8. The number of imidazole rings is 4. The van der Waals surface area contributed by atoms with E-state index < -0.39 is 74.2 Å². The van der Waals surface area contributed by atoms with Gasteiger partial charge in [-0.2, -0.15) is 19.9 Å². The van der Waals surface area contributed by atoms with Crippen molar-refractivity contribution in [2.45, 2.75) is 165 Å². The molecule has 4 aliphatic heterocycles. The molecule has 4 fully saturated rings. The molecule has 36 nitrogen and oxygen atoms in total. The van der Waals surface area contributed by atoms with Crippen LogP contribution in [-0.2, 0) is 28.2 Å². The molecule has 19 N–H and O–H groups in total. The molecule has 472 valence electrons. The molecule has 0 aromatic carbocycles. The van der Waals surface area contributed by atoms with Gasteiger partial charge in [0, 0.05) is 38.1 Å². The lowest BCUT2D eigenvalue weighted by Crippen LogP contribution is -2.47. The summed E-state index contributed by atoms with van der Waals surface area (Å²) < 4.78 is 36.7. The molecule has 0 bridgehead atoms. The molecule has 0 saturated carbocycles. The third-order valence-electron chi connectivity index (χ3n) is 16.1. The van der Waals surface area contributed by atoms with Crippen molar-refractivity contribution in [3.8, 4) is 0 Å². The van der Waals surface area contributed by atoms with E-state index in [2.05, 4.69) is 104 Å². The molecule has 87 heavy (non-hydrogen) atoms. The number of aldehydes is 1. The Bertz CT molecular complexity index is 3960. The fourth-order valence-corrected chi connectivity index (χ4v) is 11.6. The van der Waals surface area contributed by atoms with Crippen molar-refractivity contribution in [2.75, 3.05) is 42.7 Å². The number of hydrazine groups is 1. The summed E-state index contributed by atoms with van der Waals surface area (Å²) in [6.45, 7) is 11.8. The van der Waals surface area contributed by atoms with E-state index in [1.807, 2.05) is 0 Å². The third-order valence-corrected chi connectivity index (χ3v) is 20.6. The van der Waals surface area contributed by atoms with Gasteiger partial charge in [0.2, 0.25) is 23.8 Å². The summed E-state index contributed by atoms with van der Waals surface area (Å²) in [5, 5.41) is 33.8. The molecule has 8 aromatic heterocycles. The number of carbonyl (C=O) groups excluding carboxylic acids is 1. The minimum Gasteiger partial charge on any atom is -0.414 e. The van der Waals surface area contributed by atoms with Crippen LogP contribution in [-0.4, -0.2) is 176 Å². The van der Waals surface area contributed by atoms with Gasteiger partial charge in [0.25, 0.3) is 22.2 Å². The summed E-state index contributed by atoms with van der Waals surface area (Å²) in [4.78, 5) is 101. The average Bonchev–Trinajstić information content (AvgIpc) is 2.36.